The van der Waals surface area contributed by atoms with Crippen LogP contribution in [0.4, 0.5) is 0 Å². The standard InChI is InChI=1S/C9H18N2O/c1-6(2)7-4-3-5-8(11-12)9(7)10/h6-9H,3-5,10H2,1-2H3/t7-,8-,9+/m0/s1. The Morgan fingerprint density at radius 2 is 2.08 bits per heavy atom. The summed E-state index contributed by atoms with van der Waals surface area (Å²) in [6, 6.07) is -0.137. The van der Waals surface area contributed by atoms with Crippen LogP contribution in [0, 0.1) is 16.7 Å². The first-order valence-corrected chi connectivity index (χ1v) is 4.75. The molecule has 3 nitrogen and oxygen atoms in total. The molecule has 0 aromatic rings. The van der Waals surface area contributed by atoms with Gasteiger partial charge in [0.05, 0.1) is 0 Å². The highest BCUT2D eigenvalue weighted by Gasteiger charge is 2.32. The lowest BCUT2D eigenvalue weighted by molar-refractivity contribution is 0.216. The molecule has 1 aliphatic carbocycles. The molecule has 1 saturated carbocycles. The Bertz CT molecular complexity index is 159. The van der Waals surface area contributed by atoms with Crippen molar-refractivity contribution in [2.24, 2.45) is 22.7 Å². The molecule has 0 aromatic heterocycles. The molecule has 3 atom stereocenters. The molecule has 0 aromatic carbocycles. The highest BCUT2D eigenvalue weighted by Crippen LogP contribution is 2.30. The maximum atomic E-state index is 10.4. The minimum absolute atomic E-state index is 0.00347. The summed E-state index contributed by atoms with van der Waals surface area (Å²) < 4.78 is 0. The van der Waals surface area contributed by atoms with Gasteiger partial charge in [0.1, 0.15) is 6.04 Å². The summed E-state index contributed by atoms with van der Waals surface area (Å²) >= 11 is 0. The molecule has 0 aliphatic heterocycles. The van der Waals surface area contributed by atoms with Crippen LogP contribution in [0.25, 0.3) is 0 Å². The fourth-order valence-electron chi connectivity index (χ4n) is 2.13. The van der Waals surface area contributed by atoms with Crippen molar-refractivity contribution in [3.05, 3.63) is 4.91 Å². The fraction of sp³-hybridized carbons (Fsp3) is 1.00. The van der Waals surface area contributed by atoms with Gasteiger partial charge in [-0.2, -0.15) is 4.91 Å². The smallest absolute Gasteiger partial charge is 0.107 e. The molecule has 0 radical (unpaired) electrons. The van der Waals surface area contributed by atoms with E-state index in [0.717, 1.165) is 19.3 Å². The summed E-state index contributed by atoms with van der Waals surface area (Å²) in [5.41, 5.74) is 5.94. The Kier molecular flexibility index (Phi) is 3.20. The Balaban J connectivity index is 2.58. The molecular formula is C9H18N2O. The second kappa shape index (κ2) is 3.99. The predicted molar refractivity (Wildman–Crippen MR) is 49.7 cm³/mol. The van der Waals surface area contributed by atoms with Crippen LogP contribution < -0.4 is 5.73 Å². The van der Waals surface area contributed by atoms with Gasteiger partial charge in [0, 0.05) is 6.04 Å². The number of nitrogens with zero attached hydrogens (tertiary/aromatic N) is 1. The van der Waals surface area contributed by atoms with E-state index in [0.29, 0.717) is 11.8 Å². The van der Waals surface area contributed by atoms with Gasteiger partial charge < -0.3 is 5.73 Å². The van der Waals surface area contributed by atoms with E-state index >= 15 is 0 Å². The summed E-state index contributed by atoms with van der Waals surface area (Å²) in [5.74, 6) is 1.06. The topological polar surface area (TPSA) is 55.5 Å². The van der Waals surface area contributed by atoms with Crippen molar-refractivity contribution in [1.29, 1.82) is 0 Å². The van der Waals surface area contributed by atoms with Crippen LogP contribution in [0.5, 0.6) is 0 Å². The average molecular weight is 170 g/mol. The first-order valence-electron chi connectivity index (χ1n) is 4.75. The zero-order chi connectivity index (χ0) is 9.14. The quantitative estimate of drug-likeness (QED) is 0.643. The van der Waals surface area contributed by atoms with E-state index in [1.807, 2.05) is 0 Å². The first-order chi connectivity index (χ1) is 5.66. The highest BCUT2D eigenvalue weighted by atomic mass is 16.3. The minimum atomic E-state index is -0.133. The van der Waals surface area contributed by atoms with Crippen molar-refractivity contribution in [2.75, 3.05) is 0 Å². The van der Waals surface area contributed by atoms with E-state index in [4.69, 9.17) is 5.73 Å². The number of hydrogen-bond donors (Lipinski definition) is 1. The molecule has 70 valence electrons. The van der Waals surface area contributed by atoms with E-state index < -0.39 is 0 Å². The van der Waals surface area contributed by atoms with E-state index in [1.54, 1.807) is 0 Å². The second-order valence-electron chi connectivity index (χ2n) is 4.09. The molecular weight excluding hydrogens is 152 g/mol. The third-order valence-corrected chi connectivity index (χ3v) is 2.97. The van der Waals surface area contributed by atoms with Crippen molar-refractivity contribution < 1.29 is 0 Å². The summed E-state index contributed by atoms with van der Waals surface area (Å²) in [4.78, 5) is 10.4. The van der Waals surface area contributed by atoms with Crippen LogP contribution >= 0.6 is 0 Å². The van der Waals surface area contributed by atoms with Gasteiger partial charge in [-0.1, -0.05) is 25.4 Å². The molecule has 12 heavy (non-hydrogen) atoms. The molecule has 0 heterocycles. The normalized spacial score (nSPS) is 36.8. The summed E-state index contributed by atoms with van der Waals surface area (Å²) in [6.07, 6.45) is 3.14. The van der Waals surface area contributed by atoms with E-state index in [9.17, 15) is 4.91 Å². The molecule has 0 bridgehead atoms. The third-order valence-electron chi connectivity index (χ3n) is 2.97. The van der Waals surface area contributed by atoms with Crippen molar-refractivity contribution in [1.82, 2.24) is 0 Å². The summed E-state index contributed by atoms with van der Waals surface area (Å²) in [7, 11) is 0. The highest BCUT2D eigenvalue weighted by molar-refractivity contribution is 4.90. The summed E-state index contributed by atoms with van der Waals surface area (Å²) in [6.45, 7) is 4.33. The molecule has 0 spiro atoms. The fourth-order valence-corrected chi connectivity index (χ4v) is 2.13. The lowest BCUT2D eigenvalue weighted by Crippen LogP contribution is -2.45. The molecule has 1 fully saturated rings. The van der Waals surface area contributed by atoms with Gasteiger partial charge in [0.2, 0.25) is 0 Å². The van der Waals surface area contributed by atoms with Crippen LogP contribution in [0.3, 0.4) is 0 Å². The molecule has 0 unspecified atom stereocenters. The largest absolute Gasteiger partial charge is 0.325 e. The van der Waals surface area contributed by atoms with Gasteiger partial charge >= 0.3 is 0 Å². The average Bonchev–Trinajstić information content (AvgIpc) is 2.04. The Morgan fingerprint density at radius 1 is 1.42 bits per heavy atom. The Labute approximate surface area is 73.7 Å². The Morgan fingerprint density at radius 3 is 2.58 bits per heavy atom. The maximum absolute atomic E-state index is 10.4. The van der Waals surface area contributed by atoms with Gasteiger partial charge in [-0.25, -0.2) is 0 Å². The van der Waals surface area contributed by atoms with Crippen LogP contribution in [-0.2, 0) is 0 Å². The van der Waals surface area contributed by atoms with Crippen molar-refractivity contribution >= 4 is 0 Å². The molecule has 1 aliphatic rings. The second-order valence-corrected chi connectivity index (χ2v) is 4.09. The predicted octanol–water partition coefficient (Wildman–Crippen LogP) is 1.90. The minimum Gasteiger partial charge on any atom is -0.325 e. The molecule has 0 saturated heterocycles. The first kappa shape index (κ1) is 9.65. The number of hydrogen-bond acceptors (Lipinski definition) is 3. The van der Waals surface area contributed by atoms with Gasteiger partial charge in [-0.05, 0) is 24.7 Å². The van der Waals surface area contributed by atoms with Crippen LogP contribution in [0.2, 0.25) is 0 Å². The third kappa shape index (κ3) is 1.83. The van der Waals surface area contributed by atoms with Gasteiger partial charge in [0.15, 0.2) is 0 Å². The SMILES string of the molecule is CC(C)[C@@H]1CCC[C@H](N=O)[C@@H]1N. The van der Waals surface area contributed by atoms with Crippen LogP contribution in [0.1, 0.15) is 33.1 Å². The molecule has 0 amide bonds. The zero-order valence-corrected chi connectivity index (χ0v) is 7.86. The molecule has 2 N–H and O–H groups in total. The van der Waals surface area contributed by atoms with Crippen molar-refractivity contribution in [3.8, 4) is 0 Å². The van der Waals surface area contributed by atoms with E-state index in [1.165, 1.54) is 0 Å². The van der Waals surface area contributed by atoms with E-state index in [2.05, 4.69) is 19.0 Å². The lowest BCUT2D eigenvalue weighted by atomic mass is 9.76. The van der Waals surface area contributed by atoms with Gasteiger partial charge in [-0.15, -0.1) is 0 Å². The van der Waals surface area contributed by atoms with Crippen LogP contribution in [-0.4, -0.2) is 12.1 Å². The number of nitroso groups, excluding NO2 is 1. The number of rotatable bonds is 2. The van der Waals surface area contributed by atoms with E-state index in [-0.39, 0.29) is 12.1 Å². The summed E-state index contributed by atoms with van der Waals surface area (Å²) in [5, 5.41) is 3.09. The van der Waals surface area contributed by atoms with Crippen molar-refractivity contribution in [3.63, 3.8) is 0 Å². The number of nitrogens with two attached hydrogens (primary N) is 1. The lowest BCUT2D eigenvalue weighted by Gasteiger charge is -2.34. The van der Waals surface area contributed by atoms with Crippen LogP contribution in [0.15, 0.2) is 5.18 Å². The van der Waals surface area contributed by atoms with Gasteiger partial charge in [0.25, 0.3) is 0 Å². The zero-order valence-electron chi connectivity index (χ0n) is 7.86. The molecule has 1 rings (SSSR count). The van der Waals surface area contributed by atoms with Gasteiger partial charge in [-0.3, -0.25) is 0 Å². The maximum Gasteiger partial charge on any atom is 0.107 e. The van der Waals surface area contributed by atoms with Crippen molar-refractivity contribution in [2.45, 2.75) is 45.2 Å². The Hall–Kier alpha value is -0.440. The monoisotopic (exact) mass is 170 g/mol. The molecule has 3 heteroatoms.